The van der Waals surface area contributed by atoms with Gasteiger partial charge in [-0.2, -0.15) is 0 Å². The van der Waals surface area contributed by atoms with Gasteiger partial charge in [0.2, 0.25) is 14.7 Å². The van der Waals surface area contributed by atoms with Crippen LogP contribution in [0.4, 0.5) is 0 Å². The first-order valence-electron chi connectivity index (χ1n) is 4.74. The molecule has 0 aliphatic carbocycles. The molecule has 0 heterocycles. The number of benzene rings is 1. The zero-order valence-electron chi connectivity index (χ0n) is 8.88. The molecular weight excluding hydrogens is 228 g/mol. The van der Waals surface area contributed by atoms with Crippen LogP contribution in [0.25, 0.3) is 0 Å². The number of primary amides is 1. The van der Waals surface area contributed by atoms with Crippen LogP contribution in [0.3, 0.4) is 0 Å². The second-order valence-corrected chi connectivity index (χ2v) is 5.63. The van der Waals surface area contributed by atoms with Gasteiger partial charge >= 0.3 is 0 Å². The van der Waals surface area contributed by atoms with Crippen LogP contribution in [0, 0.1) is 0 Å². The zero-order chi connectivity index (χ0) is 12.4. The first-order chi connectivity index (χ1) is 7.36. The van der Waals surface area contributed by atoms with E-state index in [0.29, 0.717) is 0 Å². The highest BCUT2D eigenvalue weighted by atomic mass is 32.2. The monoisotopic (exact) mass is 242 g/mol. The predicted molar refractivity (Wildman–Crippen MR) is 60.0 cm³/mol. The van der Waals surface area contributed by atoms with E-state index in [4.69, 9.17) is 11.5 Å². The van der Waals surface area contributed by atoms with Crippen LogP contribution >= 0.6 is 0 Å². The lowest BCUT2D eigenvalue weighted by Gasteiger charge is -2.24. The number of carbonyl (C=O) groups is 1. The lowest BCUT2D eigenvalue weighted by molar-refractivity contribution is -0.120. The van der Waals surface area contributed by atoms with Crippen LogP contribution in [0.15, 0.2) is 35.2 Å². The number of hydrogen-bond acceptors (Lipinski definition) is 4. The Morgan fingerprint density at radius 3 is 2.19 bits per heavy atom. The highest BCUT2D eigenvalue weighted by Crippen LogP contribution is 2.23. The van der Waals surface area contributed by atoms with Gasteiger partial charge in [0.05, 0.1) is 4.90 Å². The Bertz CT molecular complexity index is 484. The average molecular weight is 242 g/mol. The zero-order valence-corrected chi connectivity index (χ0v) is 9.70. The number of sulfone groups is 1. The SMILES string of the molecule is CCC(N)(C(N)=O)S(=O)(=O)c1ccccc1. The van der Waals surface area contributed by atoms with Crippen LogP contribution in [-0.4, -0.2) is 19.2 Å². The molecule has 5 nitrogen and oxygen atoms in total. The van der Waals surface area contributed by atoms with Crippen molar-refractivity contribution < 1.29 is 13.2 Å². The third-order valence-electron chi connectivity index (χ3n) is 2.48. The molecule has 0 aliphatic rings. The average Bonchev–Trinajstić information content (AvgIpc) is 2.28. The molecule has 88 valence electrons. The Morgan fingerprint density at radius 1 is 1.31 bits per heavy atom. The molecule has 0 radical (unpaired) electrons. The smallest absolute Gasteiger partial charge is 0.253 e. The molecule has 1 atom stereocenters. The van der Waals surface area contributed by atoms with E-state index in [0.717, 1.165) is 0 Å². The molecule has 0 fully saturated rings. The summed E-state index contributed by atoms with van der Waals surface area (Å²) in [5.74, 6) is -1.04. The Balaban J connectivity index is 3.37. The van der Waals surface area contributed by atoms with Crippen molar-refractivity contribution >= 4 is 15.7 Å². The molecule has 0 bridgehead atoms. The Morgan fingerprint density at radius 2 is 1.81 bits per heavy atom. The molecule has 16 heavy (non-hydrogen) atoms. The van der Waals surface area contributed by atoms with E-state index in [2.05, 4.69) is 0 Å². The summed E-state index contributed by atoms with van der Waals surface area (Å²) in [5, 5.41) is 0. The molecule has 1 amide bonds. The maximum absolute atomic E-state index is 12.1. The molecule has 0 aromatic heterocycles. The van der Waals surface area contributed by atoms with Gasteiger partial charge in [-0.05, 0) is 18.6 Å². The van der Waals surface area contributed by atoms with E-state index >= 15 is 0 Å². The molecule has 0 aliphatic heterocycles. The van der Waals surface area contributed by atoms with Gasteiger partial charge in [0, 0.05) is 0 Å². The second kappa shape index (κ2) is 4.23. The van der Waals surface area contributed by atoms with E-state index in [9.17, 15) is 13.2 Å². The second-order valence-electron chi connectivity index (χ2n) is 3.42. The molecule has 1 aromatic rings. The lowest BCUT2D eigenvalue weighted by Crippen LogP contribution is -2.57. The van der Waals surface area contributed by atoms with Crippen molar-refractivity contribution in [3.8, 4) is 0 Å². The molecule has 1 aromatic carbocycles. The number of hydrogen-bond donors (Lipinski definition) is 2. The lowest BCUT2D eigenvalue weighted by atomic mass is 10.2. The first-order valence-corrected chi connectivity index (χ1v) is 6.23. The minimum absolute atomic E-state index is 0.00171. The van der Waals surface area contributed by atoms with Crippen molar-refractivity contribution in [2.24, 2.45) is 11.5 Å². The topological polar surface area (TPSA) is 103 Å². The van der Waals surface area contributed by atoms with E-state index in [1.807, 2.05) is 0 Å². The Kier molecular flexibility index (Phi) is 3.35. The van der Waals surface area contributed by atoms with Crippen LogP contribution < -0.4 is 11.5 Å². The fourth-order valence-corrected chi connectivity index (χ4v) is 2.89. The van der Waals surface area contributed by atoms with Crippen LogP contribution in [-0.2, 0) is 14.6 Å². The van der Waals surface area contributed by atoms with E-state index in [1.165, 1.54) is 19.1 Å². The van der Waals surface area contributed by atoms with Gasteiger partial charge in [-0.3, -0.25) is 4.79 Å². The molecule has 0 spiro atoms. The third kappa shape index (κ3) is 1.81. The molecule has 4 N–H and O–H groups in total. The minimum Gasteiger partial charge on any atom is -0.367 e. The normalized spacial score (nSPS) is 15.4. The van der Waals surface area contributed by atoms with Crippen molar-refractivity contribution in [2.75, 3.05) is 0 Å². The van der Waals surface area contributed by atoms with E-state index in [1.54, 1.807) is 18.2 Å². The van der Waals surface area contributed by atoms with Gasteiger partial charge < -0.3 is 11.5 Å². The summed E-state index contributed by atoms with van der Waals surface area (Å²) in [4.78, 5) is 9.14. The molecular formula is C10H14N2O3S. The molecule has 0 saturated heterocycles. The Labute approximate surface area is 94.4 Å². The Hall–Kier alpha value is -1.40. The van der Waals surface area contributed by atoms with Crippen molar-refractivity contribution in [2.45, 2.75) is 23.1 Å². The summed E-state index contributed by atoms with van der Waals surface area (Å²) in [7, 11) is -3.95. The highest BCUT2D eigenvalue weighted by Gasteiger charge is 2.45. The van der Waals surface area contributed by atoms with Crippen molar-refractivity contribution in [1.29, 1.82) is 0 Å². The van der Waals surface area contributed by atoms with Crippen LogP contribution in [0.1, 0.15) is 13.3 Å². The summed E-state index contributed by atoms with van der Waals surface area (Å²) in [5.41, 5.74) is 10.6. The van der Waals surface area contributed by atoms with E-state index in [-0.39, 0.29) is 11.3 Å². The van der Waals surface area contributed by atoms with Crippen LogP contribution in [0.2, 0.25) is 0 Å². The maximum Gasteiger partial charge on any atom is 0.253 e. The van der Waals surface area contributed by atoms with Crippen molar-refractivity contribution in [3.63, 3.8) is 0 Å². The standard InChI is InChI=1S/C10H14N2O3S/c1-2-10(12,9(11)13)16(14,15)8-6-4-3-5-7-8/h3-7H,2,12H2,1H3,(H2,11,13). The summed E-state index contributed by atoms with van der Waals surface area (Å²) < 4.78 is 24.2. The van der Waals surface area contributed by atoms with Crippen LogP contribution in [0.5, 0.6) is 0 Å². The minimum atomic E-state index is -3.95. The van der Waals surface area contributed by atoms with E-state index < -0.39 is 20.6 Å². The number of rotatable bonds is 4. The van der Waals surface area contributed by atoms with Gasteiger partial charge in [-0.1, -0.05) is 25.1 Å². The van der Waals surface area contributed by atoms with Crippen molar-refractivity contribution in [3.05, 3.63) is 30.3 Å². The summed E-state index contributed by atoms with van der Waals surface area (Å²) in [6.45, 7) is 1.51. The number of amides is 1. The third-order valence-corrected chi connectivity index (χ3v) is 4.82. The largest absolute Gasteiger partial charge is 0.367 e. The maximum atomic E-state index is 12.1. The fourth-order valence-electron chi connectivity index (χ4n) is 1.31. The first kappa shape index (κ1) is 12.7. The molecule has 0 saturated carbocycles. The van der Waals surface area contributed by atoms with Crippen molar-refractivity contribution in [1.82, 2.24) is 0 Å². The fraction of sp³-hybridized carbons (Fsp3) is 0.300. The van der Waals surface area contributed by atoms with Gasteiger partial charge in [-0.25, -0.2) is 8.42 Å². The highest BCUT2D eigenvalue weighted by molar-refractivity contribution is 7.93. The van der Waals surface area contributed by atoms with Gasteiger partial charge in [0.1, 0.15) is 0 Å². The molecule has 6 heteroatoms. The summed E-state index contributed by atoms with van der Waals surface area (Å²) >= 11 is 0. The predicted octanol–water partition coefficient (Wildman–Crippen LogP) is 0.0106. The molecule has 1 rings (SSSR count). The van der Waals surface area contributed by atoms with Gasteiger partial charge in [-0.15, -0.1) is 0 Å². The van der Waals surface area contributed by atoms with Gasteiger partial charge in [0.25, 0.3) is 5.91 Å². The number of nitrogens with two attached hydrogens (primary N) is 2. The quantitative estimate of drug-likeness (QED) is 0.776. The summed E-state index contributed by atoms with van der Waals surface area (Å²) in [6.07, 6.45) is -0.0699. The van der Waals surface area contributed by atoms with Gasteiger partial charge in [0.15, 0.2) is 0 Å². The molecule has 1 unspecified atom stereocenters. The summed E-state index contributed by atoms with van der Waals surface area (Å²) in [6, 6.07) is 7.56. The number of carbonyl (C=O) groups excluding carboxylic acids is 1.